The second-order valence-electron chi connectivity index (χ2n) is 6.78. The Morgan fingerprint density at radius 1 is 1.12 bits per heavy atom. The minimum absolute atomic E-state index is 0.0897. The maximum absolute atomic E-state index is 12.9. The molecule has 0 amide bonds. The Hall–Kier alpha value is 0.01000. The van der Waals surface area contributed by atoms with Gasteiger partial charge in [0.05, 0.1) is 18.1 Å². The topological polar surface area (TPSA) is 58.6 Å². The highest BCUT2D eigenvalue weighted by Gasteiger charge is 2.39. The van der Waals surface area contributed by atoms with Crippen LogP contribution in [0.2, 0.25) is 0 Å². The highest BCUT2D eigenvalue weighted by Crippen LogP contribution is 2.34. The molecule has 0 spiro atoms. The maximum Gasteiger partial charge on any atom is 0.241 e. The number of benzene rings is 1. The first kappa shape index (κ1) is 19.8. The molecule has 1 aromatic carbocycles. The van der Waals surface area contributed by atoms with Crippen LogP contribution in [0.4, 0.5) is 0 Å². The largest absolute Gasteiger partial charge is 0.379 e. The third kappa shape index (κ3) is 4.65. The molecule has 1 aromatic rings. The molecular formula is C17H24Br2N2O3S. The number of sulfonamides is 1. The van der Waals surface area contributed by atoms with Crippen molar-refractivity contribution >= 4 is 41.9 Å². The first-order chi connectivity index (χ1) is 11.9. The van der Waals surface area contributed by atoms with Gasteiger partial charge in [-0.3, -0.25) is 4.90 Å². The summed E-state index contributed by atoms with van der Waals surface area (Å²) in [5.74, 6) is 0. The standard InChI is InChI=1S/C17H24Br2N2O3S/c18-14-4-5-15(19)16(12-14)25(22,23)20-13-17(6-2-1-3-7-17)21-8-10-24-11-9-21/h4-5,12,20H,1-3,6-11,13H2. The van der Waals surface area contributed by atoms with Crippen molar-refractivity contribution in [3.8, 4) is 0 Å². The van der Waals surface area contributed by atoms with Crippen molar-refractivity contribution in [1.29, 1.82) is 0 Å². The van der Waals surface area contributed by atoms with Gasteiger partial charge in [0.25, 0.3) is 0 Å². The highest BCUT2D eigenvalue weighted by molar-refractivity contribution is 9.11. The summed E-state index contributed by atoms with van der Waals surface area (Å²) in [6, 6.07) is 5.20. The van der Waals surface area contributed by atoms with E-state index in [0.29, 0.717) is 11.0 Å². The fourth-order valence-corrected chi connectivity index (χ4v) is 6.46. The summed E-state index contributed by atoms with van der Waals surface area (Å²) >= 11 is 6.71. The third-order valence-electron chi connectivity index (χ3n) is 5.24. The number of nitrogens with zero attached hydrogens (tertiary/aromatic N) is 1. The molecule has 2 aliphatic rings. The predicted molar refractivity (Wildman–Crippen MR) is 105 cm³/mol. The van der Waals surface area contributed by atoms with Gasteiger partial charge in [-0.1, -0.05) is 35.2 Å². The van der Waals surface area contributed by atoms with E-state index >= 15 is 0 Å². The second-order valence-corrected chi connectivity index (χ2v) is 10.3. The van der Waals surface area contributed by atoms with Crippen LogP contribution in [-0.2, 0) is 14.8 Å². The summed E-state index contributed by atoms with van der Waals surface area (Å²) in [6.45, 7) is 3.66. The Kier molecular flexibility index (Phi) is 6.60. The molecule has 1 saturated carbocycles. The Labute approximate surface area is 166 Å². The highest BCUT2D eigenvalue weighted by atomic mass is 79.9. The van der Waals surface area contributed by atoms with E-state index in [1.165, 1.54) is 6.42 Å². The molecule has 1 saturated heterocycles. The van der Waals surface area contributed by atoms with E-state index in [1.54, 1.807) is 12.1 Å². The number of nitrogens with one attached hydrogen (secondary N) is 1. The number of ether oxygens (including phenoxy) is 1. The number of hydrogen-bond donors (Lipinski definition) is 1. The van der Waals surface area contributed by atoms with Crippen LogP contribution >= 0.6 is 31.9 Å². The van der Waals surface area contributed by atoms with Gasteiger partial charge in [0.15, 0.2) is 0 Å². The number of rotatable bonds is 5. The van der Waals surface area contributed by atoms with Gasteiger partial charge in [-0.2, -0.15) is 0 Å². The van der Waals surface area contributed by atoms with Crippen LogP contribution < -0.4 is 4.72 Å². The molecule has 1 heterocycles. The van der Waals surface area contributed by atoms with Crippen LogP contribution in [0.15, 0.2) is 32.0 Å². The molecule has 0 radical (unpaired) electrons. The van der Waals surface area contributed by atoms with Crippen LogP contribution in [0.1, 0.15) is 32.1 Å². The molecule has 1 aliphatic heterocycles. The summed E-state index contributed by atoms with van der Waals surface area (Å²) < 4.78 is 35.4. The van der Waals surface area contributed by atoms with E-state index in [1.807, 2.05) is 6.07 Å². The third-order valence-corrected chi connectivity index (χ3v) is 8.13. The van der Waals surface area contributed by atoms with Crippen LogP contribution in [0, 0.1) is 0 Å². The van der Waals surface area contributed by atoms with Gasteiger partial charge in [-0.15, -0.1) is 0 Å². The van der Waals surface area contributed by atoms with Crippen LogP contribution in [0.3, 0.4) is 0 Å². The molecule has 140 valence electrons. The van der Waals surface area contributed by atoms with Crippen molar-refractivity contribution in [2.24, 2.45) is 0 Å². The zero-order valence-corrected chi connectivity index (χ0v) is 18.1. The Morgan fingerprint density at radius 2 is 1.80 bits per heavy atom. The van der Waals surface area contributed by atoms with E-state index in [-0.39, 0.29) is 10.4 Å². The molecule has 5 nitrogen and oxygen atoms in total. The molecule has 3 rings (SSSR count). The summed E-state index contributed by atoms with van der Waals surface area (Å²) in [6.07, 6.45) is 5.61. The van der Waals surface area contributed by atoms with Crippen LogP contribution in [0.5, 0.6) is 0 Å². The van der Waals surface area contributed by atoms with Gasteiger partial charge >= 0.3 is 0 Å². The smallest absolute Gasteiger partial charge is 0.241 e. The Bertz CT molecular complexity index is 700. The summed E-state index contributed by atoms with van der Waals surface area (Å²) in [5, 5.41) is 0. The first-order valence-electron chi connectivity index (χ1n) is 8.71. The molecule has 0 unspecified atom stereocenters. The quantitative estimate of drug-likeness (QED) is 0.678. The summed E-state index contributed by atoms with van der Waals surface area (Å²) in [5.41, 5.74) is -0.0897. The van der Waals surface area contributed by atoms with Crippen molar-refractivity contribution in [2.45, 2.75) is 42.5 Å². The van der Waals surface area contributed by atoms with E-state index in [2.05, 4.69) is 41.5 Å². The fourth-order valence-electron chi connectivity index (χ4n) is 3.84. The van der Waals surface area contributed by atoms with Gasteiger partial charge in [-0.05, 0) is 47.0 Å². The average molecular weight is 496 g/mol. The molecule has 0 atom stereocenters. The van der Waals surface area contributed by atoms with Crippen LogP contribution in [-0.4, -0.2) is 51.7 Å². The van der Waals surface area contributed by atoms with Crippen molar-refractivity contribution in [2.75, 3.05) is 32.8 Å². The average Bonchev–Trinajstić information content (AvgIpc) is 2.63. The van der Waals surface area contributed by atoms with Gasteiger partial charge in [0.1, 0.15) is 0 Å². The monoisotopic (exact) mass is 494 g/mol. The Balaban J connectivity index is 1.79. The van der Waals surface area contributed by atoms with Gasteiger partial charge < -0.3 is 4.74 Å². The zero-order valence-electron chi connectivity index (χ0n) is 14.1. The molecule has 0 aromatic heterocycles. The van der Waals surface area contributed by atoms with E-state index < -0.39 is 10.0 Å². The van der Waals surface area contributed by atoms with Crippen LogP contribution in [0.25, 0.3) is 0 Å². The lowest BCUT2D eigenvalue weighted by Crippen LogP contribution is -2.59. The van der Waals surface area contributed by atoms with Crippen molar-refractivity contribution < 1.29 is 13.2 Å². The molecule has 1 N–H and O–H groups in total. The molecular weight excluding hydrogens is 472 g/mol. The molecule has 0 bridgehead atoms. The lowest BCUT2D eigenvalue weighted by atomic mass is 9.80. The maximum atomic E-state index is 12.9. The molecule has 8 heteroatoms. The van der Waals surface area contributed by atoms with Crippen molar-refractivity contribution in [3.05, 3.63) is 27.1 Å². The van der Waals surface area contributed by atoms with Gasteiger partial charge in [0.2, 0.25) is 10.0 Å². The van der Waals surface area contributed by atoms with E-state index in [0.717, 1.165) is 56.5 Å². The fraction of sp³-hybridized carbons (Fsp3) is 0.647. The predicted octanol–water partition coefficient (Wildman–Crippen LogP) is 3.53. The summed E-state index contributed by atoms with van der Waals surface area (Å²) in [4.78, 5) is 2.71. The Morgan fingerprint density at radius 3 is 2.48 bits per heavy atom. The molecule has 1 aliphatic carbocycles. The molecule has 25 heavy (non-hydrogen) atoms. The minimum Gasteiger partial charge on any atom is -0.379 e. The lowest BCUT2D eigenvalue weighted by molar-refractivity contribution is -0.0348. The van der Waals surface area contributed by atoms with Gasteiger partial charge in [0, 0.05) is 34.1 Å². The first-order valence-corrected chi connectivity index (χ1v) is 11.8. The van der Waals surface area contributed by atoms with E-state index in [9.17, 15) is 8.42 Å². The molecule has 2 fully saturated rings. The number of morpholine rings is 1. The SMILES string of the molecule is O=S(=O)(NCC1(N2CCOCC2)CCCCC1)c1cc(Br)ccc1Br. The van der Waals surface area contributed by atoms with Gasteiger partial charge in [-0.25, -0.2) is 13.1 Å². The lowest BCUT2D eigenvalue weighted by Gasteiger charge is -2.48. The summed E-state index contributed by atoms with van der Waals surface area (Å²) in [7, 11) is -3.57. The minimum atomic E-state index is -3.57. The van der Waals surface area contributed by atoms with E-state index in [4.69, 9.17) is 4.74 Å². The second kappa shape index (κ2) is 8.35. The van der Waals surface area contributed by atoms with Crippen molar-refractivity contribution in [3.63, 3.8) is 0 Å². The van der Waals surface area contributed by atoms with Crippen molar-refractivity contribution in [1.82, 2.24) is 9.62 Å². The number of hydrogen-bond acceptors (Lipinski definition) is 4. The normalized spacial score (nSPS) is 22.0. The zero-order chi connectivity index (χ0) is 17.9. The number of halogens is 2.